The molecule has 1 amide bonds. The number of nitrogens with zero attached hydrogens (tertiary/aromatic N) is 1. The lowest BCUT2D eigenvalue weighted by Gasteiger charge is -2.38. The largest absolute Gasteiger partial charge is 0.409 e. The Morgan fingerprint density at radius 2 is 2.14 bits per heavy atom. The van der Waals surface area contributed by atoms with Gasteiger partial charge in [-0.25, -0.2) is 0 Å². The van der Waals surface area contributed by atoms with Crippen LogP contribution in [0.4, 0.5) is 0 Å². The third kappa shape index (κ3) is 3.44. The number of halogens is 2. The lowest BCUT2D eigenvalue weighted by atomic mass is 9.76. The van der Waals surface area contributed by atoms with E-state index in [0.717, 1.165) is 24.2 Å². The molecule has 116 valence electrons. The van der Waals surface area contributed by atoms with Gasteiger partial charge >= 0.3 is 0 Å². The first-order valence-corrected chi connectivity index (χ1v) is 8.20. The van der Waals surface area contributed by atoms with E-state index in [2.05, 4.69) is 17.4 Å². The van der Waals surface area contributed by atoms with Gasteiger partial charge in [-0.1, -0.05) is 35.3 Å². The van der Waals surface area contributed by atoms with E-state index in [1.54, 1.807) is 0 Å². The number of hydrogen-bond acceptors (Lipinski definition) is 4. The lowest BCUT2D eigenvalue weighted by molar-refractivity contribution is 0.0898. The van der Waals surface area contributed by atoms with E-state index in [1.807, 2.05) is 0 Å². The number of amidine groups is 1. The van der Waals surface area contributed by atoms with Gasteiger partial charge in [0.25, 0.3) is 5.91 Å². The molecule has 0 aliphatic heterocycles. The predicted molar refractivity (Wildman–Crippen MR) is 85.6 cm³/mol. The van der Waals surface area contributed by atoms with Crippen LogP contribution in [-0.4, -0.2) is 22.5 Å². The maximum Gasteiger partial charge on any atom is 0.254 e. The molecule has 0 bridgehead atoms. The van der Waals surface area contributed by atoms with Crippen LogP contribution in [0, 0.1) is 5.92 Å². The van der Waals surface area contributed by atoms with Crippen LogP contribution < -0.4 is 11.1 Å². The van der Waals surface area contributed by atoms with Crippen LogP contribution in [0.1, 0.15) is 43.0 Å². The number of carbonyl (C=O) groups is 1. The quantitative estimate of drug-likeness (QED) is 0.338. The number of nitrogens with one attached hydrogen (secondary N) is 1. The Labute approximate surface area is 137 Å². The molecule has 0 radical (unpaired) electrons. The molecule has 2 rings (SSSR count). The van der Waals surface area contributed by atoms with Gasteiger partial charge in [-0.15, -0.1) is 11.3 Å². The topological polar surface area (TPSA) is 87.7 Å². The lowest BCUT2D eigenvalue weighted by Crippen LogP contribution is -2.59. The van der Waals surface area contributed by atoms with Gasteiger partial charge in [0.05, 0.1) is 9.90 Å². The van der Waals surface area contributed by atoms with Crippen LogP contribution >= 0.6 is 34.5 Å². The molecule has 0 aromatic carbocycles. The molecule has 4 N–H and O–H groups in total. The summed E-state index contributed by atoms with van der Waals surface area (Å²) >= 11 is 13.0. The summed E-state index contributed by atoms with van der Waals surface area (Å²) in [6.45, 7) is 2.15. The number of amides is 1. The number of rotatable bonds is 3. The standard InChI is InChI=1S/C13H17Cl2N3O2S/c1-7-2-4-13(5-3-7,12(16)18-20)17-11(19)8-6-9(14)21-10(8)15/h6-7,20H,2-5H2,1H3,(H2,16,18)(H,17,19). The monoisotopic (exact) mass is 349 g/mol. The van der Waals surface area contributed by atoms with Gasteiger partial charge in [-0.3, -0.25) is 4.79 Å². The Hall–Kier alpha value is -0.980. The summed E-state index contributed by atoms with van der Waals surface area (Å²) in [6, 6.07) is 1.52. The van der Waals surface area contributed by atoms with E-state index in [1.165, 1.54) is 6.07 Å². The number of hydrogen-bond donors (Lipinski definition) is 3. The summed E-state index contributed by atoms with van der Waals surface area (Å²) in [5.74, 6) is 0.227. The van der Waals surface area contributed by atoms with Crippen molar-refractivity contribution >= 4 is 46.3 Å². The van der Waals surface area contributed by atoms with E-state index in [-0.39, 0.29) is 11.7 Å². The van der Waals surface area contributed by atoms with Gasteiger partial charge in [0.1, 0.15) is 9.88 Å². The third-order valence-electron chi connectivity index (χ3n) is 3.98. The average Bonchev–Trinajstić information content (AvgIpc) is 2.79. The molecule has 1 aromatic rings. The van der Waals surface area contributed by atoms with Gasteiger partial charge in [-0.2, -0.15) is 0 Å². The van der Waals surface area contributed by atoms with Gasteiger partial charge in [0.2, 0.25) is 0 Å². The zero-order valence-electron chi connectivity index (χ0n) is 11.5. The molecular formula is C13H17Cl2N3O2S. The van der Waals surface area contributed by atoms with Gasteiger partial charge in [0.15, 0.2) is 5.84 Å². The van der Waals surface area contributed by atoms with E-state index < -0.39 is 5.54 Å². The molecule has 8 heteroatoms. The molecule has 0 atom stereocenters. The summed E-state index contributed by atoms with van der Waals surface area (Å²) in [5.41, 5.74) is 5.32. The average molecular weight is 350 g/mol. The second kappa shape index (κ2) is 6.42. The van der Waals surface area contributed by atoms with E-state index in [0.29, 0.717) is 33.0 Å². The molecule has 1 heterocycles. The van der Waals surface area contributed by atoms with Crippen molar-refractivity contribution in [2.45, 2.75) is 38.1 Å². The Kier molecular flexibility index (Phi) is 5.01. The fraction of sp³-hybridized carbons (Fsp3) is 0.538. The van der Waals surface area contributed by atoms with E-state index in [9.17, 15) is 4.79 Å². The Morgan fingerprint density at radius 1 is 1.52 bits per heavy atom. The molecule has 1 aliphatic rings. The van der Waals surface area contributed by atoms with Crippen molar-refractivity contribution in [3.05, 3.63) is 20.3 Å². The molecule has 21 heavy (non-hydrogen) atoms. The van der Waals surface area contributed by atoms with Crippen molar-refractivity contribution in [2.24, 2.45) is 16.8 Å². The summed E-state index contributed by atoms with van der Waals surface area (Å²) in [7, 11) is 0. The molecular weight excluding hydrogens is 333 g/mol. The Balaban J connectivity index is 2.23. The Bertz CT molecular complexity index is 566. The van der Waals surface area contributed by atoms with Crippen molar-refractivity contribution < 1.29 is 10.0 Å². The minimum atomic E-state index is -0.823. The van der Waals surface area contributed by atoms with Crippen LogP contribution in [0.25, 0.3) is 0 Å². The van der Waals surface area contributed by atoms with Crippen LogP contribution in [0.5, 0.6) is 0 Å². The molecule has 5 nitrogen and oxygen atoms in total. The molecule has 1 saturated carbocycles. The molecule has 1 fully saturated rings. The highest BCUT2D eigenvalue weighted by Gasteiger charge is 2.40. The number of thiophene rings is 1. The van der Waals surface area contributed by atoms with Crippen molar-refractivity contribution in [1.82, 2.24) is 5.32 Å². The second-order valence-electron chi connectivity index (χ2n) is 5.44. The van der Waals surface area contributed by atoms with Crippen LogP contribution in [-0.2, 0) is 0 Å². The van der Waals surface area contributed by atoms with Crippen molar-refractivity contribution in [3.8, 4) is 0 Å². The maximum absolute atomic E-state index is 12.4. The fourth-order valence-electron chi connectivity index (χ4n) is 2.58. The smallest absolute Gasteiger partial charge is 0.254 e. The first-order valence-electron chi connectivity index (χ1n) is 6.63. The minimum Gasteiger partial charge on any atom is -0.409 e. The molecule has 1 aromatic heterocycles. The van der Waals surface area contributed by atoms with Crippen molar-refractivity contribution in [3.63, 3.8) is 0 Å². The molecule has 1 aliphatic carbocycles. The first kappa shape index (κ1) is 16.4. The van der Waals surface area contributed by atoms with Gasteiger partial charge in [-0.05, 0) is 37.7 Å². The van der Waals surface area contributed by atoms with E-state index >= 15 is 0 Å². The number of nitrogens with two attached hydrogens (primary N) is 1. The fourth-order valence-corrected chi connectivity index (χ4v) is 4.03. The summed E-state index contributed by atoms with van der Waals surface area (Å²) in [4.78, 5) is 12.4. The SMILES string of the molecule is CC1CCC(NC(=O)c2cc(Cl)sc2Cl)(/C(N)=N/O)CC1. The van der Waals surface area contributed by atoms with E-state index in [4.69, 9.17) is 34.1 Å². The zero-order chi connectivity index (χ0) is 15.6. The van der Waals surface area contributed by atoms with Crippen LogP contribution in [0.15, 0.2) is 11.2 Å². The van der Waals surface area contributed by atoms with Crippen molar-refractivity contribution in [2.75, 3.05) is 0 Å². The molecule has 0 spiro atoms. The normalized spacial score (nSPS) is 26.6. The summed E-state index contributed by atoms with van der Waals surface area (Å²) < 4.78 is 0.775. The summed E-state index contributed by atoms with van der Waals surface area (Å²) in [5, 5.41) is 15.0. The third-order valence-corrected chi connectivity index (χ3v) is 5.47. The highest BCUT2D eigenvalue weighted by molar-refractivity contribution is 7.20. The van der Waals surface area contributed by atoms with Crippen LogP contribution in [0.3, 0.4) is 0 Å². The van der Waals surface area contributed by atoms with Gasteiger partial charge < -0.3 is 16.3 Å². The number of carbonyl (C=O) groups excluding carboxylic acids is 1. The second-order valence-corrected chi connectivity index (χ2v) is 7.73. The maximum atomic E-state index is 12.4. The Morgan fingerprint density at radius 3 is 2.62 bits per heavy atom. The summed E-state index contributed by atoms with van der Waals surface area (Å²) in [6.07, 6.45) is 3.06. The minimum absolute atomic E-state index is 0.0280. The highest BCUT2D eigenvalue weighted by atomic mass is 35.5. The predicted octanol–water partition coefficient (Wildman–Crippen LogP) is 3.48. The highest BCUT2D eigenvalue weighted by Crippen LogP contribution is 2.35. The molecule has 0 unspecified atom stereocenters. The number of oxime groups is 1. The zero-order valence-corrected chi connectivity index (χ0v) is 13.9. The van der Waals surface area contributed by atoms with Crippen molar-refractivity contribution in [1.29, 1.82) is 0 Å². The van der Waals surface area contributed by atoms with Gasteiger partial charge in [0, 0.05) is 0 Å². The first-order chi connectivity index (χ1) is 9.88. The molecule has 0 saturated heterocycles. The van der Waals surface area contributed by atoms with Crippen LogP contribution in [0.2, 0.25) is 8.67 Å².